The molecular formula is C59H46N12O6S. The summed E-state index contributed by atoms with van der Waals surface area (Å²) < 4.78 is 20.9. The highest BCUT2D eigenvalue weighted by atomic mass is 32.1. The summed E-state index contributed by atoms with van der Waals surface area (Å²) in [6.07, 6.45) is 0.920. The number of rotatable bonds is 15. The van der Waals surface area contributed by atoms with Crippen LogP contribution in [0.2, 0.25) is 0 Å². The Morgan fingerprint density at radius 3 is 1.60 bits per heavy atom. The van der Waals surface area contributed by atoms with Crippen LogP contribution in [-0.4, -0.2) is 76.1 Å². The molecule has 4 N–H and O–H groups in total. The summed E-state index contributed by atoms with van der Waals surface area (Å²) >= 11 is 1.35. The summed E-state index contributed by atoms with van der Waals surface area (Å²) in [5.74, 6) is 2.08. The van der Waals surface area contributed by atoms with Crippen molar-refractivity contribution in [3.05, 3.63) is 207 Å². The highest BCUT2D eigenvalue weighted by Gasteiger charge is 2.26. The molecule has 0 bridgehead atoms. The number of ether oxygens (including phenoxy) is 3. The van der Waals surface area contributed by atoms with Gasteiger partial charge in [0.05, 0.1) is 43.1 Å². The maximum Gasteiger partial charge on any atom is 0.434 e. The largest absolute Gasteiger partial charge is 0.497 e. The average molecular weight is 1050 g/mol. The number of anilines is 4. The molecule has 19 heteroatoms. The van der Waals surface area contributed by atoms with Gasteiger partial charge in [-0.25, -0.2) is 4.79 Å². The number of hydrogen-bond acceptors (Lipinski definition) is 14. The molecule has 0 fully saturated rings. The number of hydrogen-bond donors (Lipinski definition) is 4. The van der Waals surface area contributed by atoms with E-state index in [0.717, 1.165) is 43.1 Å². The van der Waals surface area contributed by atoms with Gasteiger partial charge < -0.3 is 34.8 Å². The van der Waals surface area contributed by atoms with Crippen molar-refractivity contribution in [2.45, 2.75) is 13.3 Å². The number of H-pyrrole nitrogens is 2. The number of methoxy groups -OCH3 is 2. The number of aromatic amines is 2. The molecule has 18 nitrogen and oxygen atoms in total. The third-order valence-corrected chi connectivity index (χ3v) is 13.9. The lowest BCUT2D eigenvalue weighted by Gasteiger charge is -2.14. The topological polar surface area (TPSA) is 213 Å². The first-order valence-corrected chi connectivity index (χ1v) is 25.5. The number of carbonyl (C=O) groups excluding carboxylic acids is 1. The second-order valence-electron chi connectivity index (χ2n) is 17.9. The molecule has 0 saturated carbocycles. The maximum atomic E-state index is 15.0. The minimum Gasteiger partial charge on any atom is -0.497 e. The Kier molecular flexibility index (Phi) is 12.9. The lowest BCUT2D eigenvalue weighted by atomic mass is 10.0. The van der Waals surface area contributed by atoms with Gasteiger partial charge >= 0.3 is 6.09 Å². The Hall–Kier alpha value is -10.4. The first kappa shape index (κ1) is 48.5. The van der Waals surface area contributed by atoms with Gasteiger partial charge in [-0.05, 0) is 59.0 Å². The van der Waals surface area contributed by atoms with Crippen molar-refractivity contribution in [2.75, 3.05) is 31.5 Å². The van der Waals surface area contributed by atoms with Gasteiger partial charge in [-0.3, -0.25) is 9.59 Å². The third kappa shape index (κ3) is 9.19. The Morgan fingerprint density at radius 2 is 1.08 bits per heavy atom. The number of nitrogens with one attached hydrogen (secondary N) is 4. The quantitative estimate of drug-likeness (QED) is 0.0753. The molecule has 0 aliphatic heterocycles. The van der Waals surface area contributed by atoms with E-state index >= 15 is 4.79 Å². The molecule has 0 aliphatic carbocycles. The number of benzene rings is 6. The molecule has 6 aromatic heterocycles. The first-order valence-electron chi connectivity index (χ1n) is 24.7. The molecule has 0 atom stereocenters. The minimum atomic E-state index is -0.755. The van der Waals surface area contributed by atoms with E-state index in [9.17, 15) is 9.59 Å². The summed E-state index contributed by atoms with van der Waals surface area (Å²) in [6.45, 7) is 1.77. The summed E-state index contributed by atoms with van der Waals surface area (Å²) in [6, 6.07) is 53.0. The van der Waals surface area contributed by atoms with Crippen LogP contribution in [0.15, 0.2) is 186 Å². The molecule has 6 aromatic carbocycles. The van der Waals surface area contributed by atoms with Gasteiger partial charge in [-0.15, -0.1) is 15.3 Å². The van der Waals surface area contributed by atoms with Crippen molar-refractivity contribution in [3.63, 3.8) is 0 Å². The molecule has 78 heavy (non-hydrogen) atoms. The van der Waals surface area contributed by atoms with E-state index < -0.39 is 17.2 Å². The molecule has 0 amide bonds. The Labute approximate surface area is 448 Å². The van der Waals surface area contributed by atoms with Gasteiger partial charge in [-0.1, -0.05) is 151 Å². The zero-order valence-corrected chi connectivity index (χ0v) is 42.9. The number of aryl methyl sites for hydroxylation is 1. The van der Waals surface area contributed by atoms with E-state index in [1.54, 1.807) is 56.7 Å². The van der Waals surface area contributed by atoms with Crippen LogP contribution in [0.1, 0.15) is 10.6 Å². The number of nitrogens with zero attached hydrogens (tertiary/aromatic N) is 8. The molecule has 0 spiro atoms. The second-order valence-corrected chi connectivity index (χ2v) is 19.1. The van der Waals surface area contributed by atoms with Crippen molar-refractivity contribution in [2.24, 2.45) is 0 Å². The van der Waals surface area contributed by atoms with E-state index in [1.165, 1.54) is 26.6 Å². The summed E-state index contributed by atoms with van der Waals surface area (Å²) in [5, 5.41) is 30.7. The fourth-order valence-electron chi connectivity index (χ4n) is 9.50. The van der Waals surface area contributed by atoms with Crippen molar-refractivity contribution in [3.8, 4) is 78.5 Å². The first-order chi connectivity index (χ1) is 38.2. The van der Waals surface area contributed by atoms with Crippen LogP contribution in [0.25, 0.3) is 78.3 Å². The van der Waals surface area contributed by atoms with Crippen molar-refractivity contribution in [1.29, 1.82) is 0 Å². The standard InChI is InChI=1S/C59H46N12O6S/c1-35-64-65-58(78-35)63-53-49(57(73)71-55(62-53)47(37-18-10-5-11-19-37)51(68-71)40-22-14-7-15-23-40)42-26-29-44(76-3)41(34-42)31-33-77-59(74)69-32-30-45(66-69)60-52-48(38-24-27-43(75-2)28-25-38)56(72)70-54(61-52)46(36-16-8-4-9-17-36)50(67-70)39-20-12-6-13-21-39/h4-30,32,34,61-62H,31,33H2,1-3H3,(H,60,66)(H,63,65). The summed E-state index contributed by atoms with van der Waals surface area (Å²) in [5.41, 5.74) is 8.59. The maximum absolute atomic E-state index is 15.0. The average Bonchev–Trinajstić information content (AvgIpc) is 4.50. The van der Waals surface area contributed by atoms with Crippen LogP contribution in [0.5, 0.6) is 11.5 Å². The monoisotopic (exact) mass is 1050 g/mol. The van der Waals surface area contributed by atoms with Crippen LogP contribution in [0.4, 0.5) is 27.4 Å². The summed E-state index contributed by atoms with van der Waals surface area (Å²) in [4.78, 5) is 50.5. The van der Waals surface area contributed by atoms with Gasteiger partial charge in [0, 0.05) is 29.8 Å². The summed E-state index contributed by atoms with van der Waals surface area (Å²) in [7, 11) is 3.12. The van der Waals surface area contributed by atoms with Crippen LogP contribution in [-0.2, 0) is 11.2 Å². The fraction of sp³-hybridized carbons (Fsp3) is 0.0847. The molecular weight excluding hydrogens is 1000 g/mol. The van der Waals surface area contributed by atoms with Crippen LogP contribution < -0.4 is 31.2 Å². The lowest BCUT2D eigenvalue weighted by Crippen LogP contribution is -2.20. The molecule has 6 heterocycles. The normalized spacial score (nSPS) is 11.3. The van der Waals surface area contributed by atoms with Gasteiger partial charge in [0.1, 0.15) is 50.8 Å². The highest BCUT2D eigenvalue weighted by Crippen LogP contribution is 2.39. The predicted molar refractivity (Wildman–Crippen MR) is 301 cm³/mol. The fourth-order valence-corrected chi connectivity index (χ4v) is 10.1. The lowest BCUT2D eigenvalue weighted by molar-refractivity contribution is 0.145. The van der Waals surface area contributed by atoms with E-state index in [0.29, 0.717) is 67.6 Å². The van der Waals surface area contributed by atoms with Gasteiger partial charge in [0.2, 0.25) is 5.13 Å². The van der Waals surface area contributed by atoms with Crippen molar-refractivity contribution in [1.82, 2.24) is 49.2 Å². The molecule has 12 aromatic rings. The molecule has 0 unspecified atom stereocenters. The van der Waals surface area contributed by atoms with Crippen molar-refractivity contribution < 1.29 is 19.0 Å². The second kappa shape index (κ2) is 20.7. The van der Waals surface area contributed by atoms with Gasteiger partial charge in [0.25, 0.3) is 11.1 Å². The number of aromatic nitrogens is 10. The Morgan fingerprint density at radius 1 is 0.564 bits per heavy atom. The molecule has 0 saturated heterocycles. The molecule has 0 aliphatic rings. The Bertz CT molecular complexity index is 4290. The van der Waals surface area contributed by atoms with Gasteiger partial charge in [0.15, 0.2) is 5.82 Å². The molecule has 0 radical (unpaired) electrons. The molecule has 384 valence electrons. The zero-order valence-electron chi connectivity index (χ0n) is 42.1. The third-order valence-electron chi connectivity index (χ3n) is 13.1. The van der Waals surface area contributed by atoms with Crippen LogP contribution >= 0.6 is 11.3 Å². The number of fused-ring (bicyclic) bond motifs is 2. The Balaban J connectivity index is 0.853. The van der Waals surface area contributed by atoms with Crippen LogP contribution in [0, 0.1) is 6.92 Å². The van der Waals surface area contributed by atoms with E-state index in [-0.39, 0.29) is 30.0 Å². The SMILES string of the molecule is COc1ccc(-c2c(Nc3ccn(C(=O)OCCc4cc(-c5c(Nc6nnc(C)s6)[nH]c6c(-c7ccccc7)c(-c7ccccc7)nn6c5=O)ccc4OC)n3)[nH]c3c(-c4ccccc4)c(-c4ccccc4)nn3c2=O)cc1. The van der Waals surface area contributed by atoms with Crippen LogP contribution in [0.3, 0.4) is 0 Å². The minimum absolute atomic E-state index is 0.0787. The predicted octanol–water partition coefficient (Wildman–Crippen LogP) is 11.4. The zero-order chi connectivity index (χ0) is 53.3. The van der Waals surface area contributed by atoms with Gasteiger partial charge in [-0.2, -0.15) is 23.9 Å². The van der Waals surface area contributed by atoms with E-state index in [1.807, 2.05) is 134 Å². The van der Waals surface area contributed by atoms with E-state index in [2.05, 4.69) is 35.9 Å². The number of carbonyl (C=O) groups is 1. The van der Waals surface area contributed by atoms with E-state index in [4.69, 9.17) is 24.4 Å². The highest BCUT2D eigenvalue weighted by molar-refractivity contribution is 7.15. The van der Waals surface area contributed by atoms with Crippen molar-refractivity contribution >= 4 is 51.3 Å². The smallest absolute Gasteiger partial charge is 0.434 e. The molecule has 12 rings (SSSR count).